The molecule has 0 atom stereocenters. The molecule has 6 nitrogen and oxygen atoms in total. The van der Waals surface area contributed by atoms with E-state index >= 15 is 0 Å². The summed E-state index contributed by atoms with van der Waals surface area (Å²) in [6.45, 7) is 0.535. The fourth-order valence-electron chi connectivity index (χ4n) is 1.88. The first-order valence-corrected chi connectivity index (χ1v) is 6.48. The minimum atomic E-state index is -0.487. The van der Waals surface area contributed by atoms with E-state index < -0.39 is 4.92 Å². The molecule has 0 spiro atoms. The fourth-order valence-corrected chi connectivity index (χ4v) is 1.88. The van der Waals surface area contributed by atoms with Crippen molar-refractivity contribution in [2.24, 2.45) is 0 Å². The molecule has 2 rings (SSSR count). The van der Waals surface area contributed by atoms with Crippen molar-refractivity contribution in [3.8, 4) is 0 Å². The Morgan fingerprint density at radius 3 is 2.52 bits per heavy atom. The van der Waals surface area contributed by atoms with Gasteiger partial charge in [0, 0.05) is 49.6 Å². The number of nitro benzene ring substituents is 1. The average molecular weight is 285 g/mol. The minimum absolute atomic E-state index is 0.0253. The SMILES string of the molecule is CN(CCc1ccccn1)C(=O)c1ccc([N+](=O)[O-])cc1. The smallest absolute Gasteiger partial charge is 0.269 e. The average Bonchev–Trinajstić information content (AvgIpc) is 2.53. The van der Waals surface area contributed by atoms with Gasteiger partial charge in [-0.3, -0.25) is 19.9 Å². The Morgan fingerprint density at radius 1 is 1.24 bits per heavy atom. The van der Waals surface area contributed by atoms with E-state index in [0.29, 0.717) is 18.5 Å². The van der Waals surface area contributed by atoms with Crippen LogP contribution in [0.3, 0.4) is 0 Å². The highest BCUT2D eigenvalue weighted by Gasteiger charge is 2.13. The van der Waals surface area contributed by atoms with Gasteiger partial charge < -0.3 is 4.90 Å². The number of nitro groups is 1. The van der Waals surface area contributed by atoms with Gasteiger partial charge in [-0.05, 0) is 24.3 Å². The summed E-state index contributed by atoms with van der Waals surface area (Å²) >= 11 is 0. The van der Waals surface area contributed by atoms with E-state index in [2.05, 4.69) is 4.98 Å². The molecule has 0 N–H and O–H groups in total. The maximum atomic E-state index is 12.2. The summed E-state index contributed by atoms with van der Waals surface area (Å²) in [6, 6.07) is 11.3. The molecule has 0 saturated heterocycles. The van der Waals surface area contributed by atoms with Crippen LogP contribution in [0.25, 0.3) is 0 Å². The molecule has 1 aromatic heterocycles. The van der Waals surface area contributed by atoms with Gasteiger partial charge in [0.15, 0.2) is 0 Å². The van der Waals surface area contributed by atoms with E-state index in [9.17, 15) is 14.9 Å². The number of amides is 1. The summed E-state index contributed by atoms with van der Waals surface area (Å²) in [5, 5.41) is 10.6. The Kier molecular flexibility index (Phi) is 4.61. The van der Waals surface area contributed by atoms with Gasteiger partial charge >= 0.3 is 0 Å². The molecule has 1 amide bonds. The molecule has 0 unspecified atom stereocenters. The zero-order valence-electron chi connectivity index (χ0n) is 11.6. The minimum Gasteiger partial charge on any atom is -0.341 e. The van der Waals surface area contributed by atoms with Crippen molar-refractivity contribution in [3.63, 3.8) is 0 Å². The number of nitrogens with zero attached hydrogens (tertiary/aromatic N) is 3. The van der Waals surface area contributed by atoms with Crippen LogP contribution in [0.5, 0.6) is 0 Å². The maximum Gasteiger partial charge on any atom is 0.269 e. The lowest BCUT2D eigenvalue weighted by Gasteiger charge is -2.16. The molecule has 6 heteroatoms. The van der Waals surface area contributed by atoms with Crippen LogP contribution >= 0.6 is 0 Å². The number of non-ortho nitro benzene ring substituents is 1. The first kappa shape index (κ1) is 14.6. The fraction of sp³-hybridized carbons (Fsp3) is 0.200. The van der Waals surface area contributed by atoms with Crippen LogP contribution in [0.15, 0.2) is 48.7 Å². The van der Waals surface area contributed by atoms with Crippen LogP contribution in [0.4, 0.5) is 5.69 Å². The molecule has 0 fully saturated rings. The van der Waals surface area contributed by atoms with E-state index in [1.165, 1.54) is 24.3 Å². The Bertz CT molecular complexity index is 626. The number of hydrogen-bond acceptors (Lipinski definition) is 4. The highest BCUT2D eigenvalue weighted by molar-refractivity contribution is 5.94. The van der Waals surface area contributed by atoms with Crippen molar-refractivity contribution in [2.75, 3.05) is 13.6 Å². The predicted octanol–water partition coefficient (Wildman–Crippen LogP) is 2.30. The molecule has 0 aliphatic heterocycles. The number of carbonyl (C=O) groups excluding carboxylic acids is 1. The third-order valence-corrected chi connectivity index (χ3v) is 3.10. The van der Waals surface area contributed by atoms with Gasteiger partial charge in [0.25, 0.3) is 11.6 Å². The lowest BCUT2D eigenvalue weighted by Crippen LogP contribution is -2.28. The van der Waals surface area contributed by atoms with Gasteiger partial charge in [-0.25, -0.2) is 0 Å². The lowest BCUT2D eigenvalue weighted by molar-refractivity contribution is -0.384. The maximum absolute atomic E-state index is 12.2. The van der Waals surface area contributed by atoms with Crippen LogP contribution < -0.4 is 0 Å². The van der Waals surface area contributed by atoms with Crippen molar-refractivity contribution in [1.82, 2.24) is 9.88 Å². The van der Waals surface area contributed by atoms with Gasteiger partial charge in [-0.1, -0.05) is 6.07 Å². The van der Waals surface area contributed by atoms with Crippen molar-refractivity contribution in [1.29, 1.82) is 0 Å². The number of aromatic nitrogens is 1. The van der Waals surface area contributed by atoms with Gasteiger partial charge in [0.2, 0.25) is 0 Å². The highest BCUT2D eigenvalue weighted by atomic mass is 16.6. The number of rotatable bonds is 5. The third kappa shape index (κ3) is 3.85. The molecule has 0 saturated carbocycles. The largest absolute Gasteiger partial charge is 0.341 e. The Morgan fingerprint density at radius 2 is 1.95 bits per heavy atom. The molecule has 108 valence electrons. The second-order valence-electron chi connectivity index (χ2n) is 4.60. The molecule has 1 heterocycles. The molecule has 0 bridgehead atoms. The van der Waals surface area contributed by atoms with Crippen LogP contribution in [-0.2, 0) is 6.42 Å². The molecule has 0 aliphatic rings. The molecule has 2 aromatic rings. The van der Waals surface area contributed by atoms with E-state index in [0.717, 1.165) is 5.69 Å². The summed E-state index contributed by atoms with van der Waals surface area (Å²) in [4.78, 5) is 28.1. The Balaban J connectivity index is 1.97. The Hall–Kier alpha value is -2.76. The summed E-state index contributed by atoms with van der Waals surface area (Å²) in [5.41, 5.74) is 1.33. The summed E-state index contributed by atoms with van der Waals surface area (Å²) in [7, 11) is 1.70. The van der Waals surface area contributed by atoms with Crippen molar-refractivity contribution in [3.05, 3.63) is 70.0 Å². The second-order valence-corrected chi connectivity index (χ2v) is 4.60. The zero-order chi connectivity index (χ0) is 15.2. The van der Waals surface area contributed by atoms with Crippen LogP contribution in [0.1, 0.15) is 16.1 Å². The van der Waals surface area contributed by atoms with E-state index in [1.807, 2.05) is 18.2 Å². The predicted molar refractivity (Wildman–Crippen MR) is 78.0 cm³/mol. The number of benzene rings is 1. The van der Waals surface area contributed by atoms with E-state index in [1.54, 1.807) is 18.1 Å². The van der Waals surface area contributed by atoms with Gasteiger partial charge in [0.1, 0.15) is 0 Å². The van der Waals surface area contributed by atoms with Crippen LogP contribution in [-0.4, -0.2) is 34.3 Å². The molecular formula is C15H15N3O3. The van der Waals surface area contributed by atoms with E-state index in [-0.39, 0.29) is 11.6 Å². The molecule has 21 heavy (non-hydrogen) atoms. The summed E-state index contributed by atoms with van der Waals surface area (Å²) in [5.74, 6) is -0.166. The summed E-state index contributed by atoms with van der Waals surface area (Å²) < 4.78 is 0. The van der Waals surface area contributed by atoms with Crippen molar-refractivity contribution < 1.29 is 9.72 Å². The number of pyridine rings is 1. The van der Waals surface area contributed by atoms with Gasteiger partial charge in [-0.15, -0.1) is 0 Å². The second kappa shape index (κ2) is 6.60. The number of likely N-dealkylation sites (N-methyl/N-ethyl adjacent to an activating group) is 1. The van der Waals surface area contributed by atoms with Crippen LogP contribution in [0, 0.1) is 10.1 Å². The van der Waals surface area contributed by atoms with E-state index in [4.69, 9.17) is 0 Å². The zero-order valence-corrected chi connectivity index (χ0v) is 11.6. The first-order chi connectivity index (χ1) is 10.1. The van der Waals surface area contributed by atoms with Crippen molar-refractivity contribution >= 4 is 11.6 Å². The third-order valence-electron chi connectivity index (χ3n) is 3.10. The number of carbonyl (C=O) groups is 1. The van der Waals surface area contributed by atoms with Crippen molar-refractivity contribution in [2.45, 2.75) is 6.42 Å². The van der Waals surface area contributed by atoms with Crippen LogP contribution in [0.2, 0.25) is 0 Å². The number of hydrogen-bond donors (Lipinski definition) is 0. The quantitative estimate of drug-likeness (QED) is 0.624. The Labute approximate surface area is 122 Å². The van der Waals surface area contributed by atoms with Gasteiger partial charge in [-0.2, -0.15) is 0 Å². The normalized spacial score (nSPS) is 10.1. The highest BCUT2D eigenvalue weighted by Crippen LogP contribution is 2.13. The molecule has 0 aliphatic carbocycles. The summed E-state index contributed by atoms with van der Waals surface area (Å²) in [6.07, 6.45) is 2.38. The topological polar surface area (TPSA) is 76.3 Å². The molecular weight excluding hydrogens is 270 g/mol. The lowest BCUT2D eigenvalue weighted by atomic mass is 10.1. The molecule has 1 aromatic carbocycles. The monoisotopic (exact) mass is 285 g/mol. The standard InChI is InChI=1S/C15H15N3O3/c1-17(11-9-13-4-2-3-10-16-13)15(19)12-5-7-14(8-6-12)18(20)21/h2-8,10H,9,11H2,1H3. The van der Waals surface area contributed by atoms with Gasteiger partial charge in [0.05, 0.1) is 4.92 Å². The molecule has 0 radical (unpaired) electrons. The first-order valence-electron chi connectivity index (χ1n) is 6.48.